The predicted molar refractivity (Wildman–Crippen MR) is 95.0 cm³/mol. The zero-order chi connectivity index (χ0) is 19.8. The summed E-state index contributed by atoms with van der Waals surface area (Å²) >= 11 is 0. The Labute approximate surface area is 155 Å². The van der Waals surface area contributed by atoms with Gasteiger partial charge in [0.25, 0.3) is 5.91 Å². The molecule has 0 unspecified atom stereocenters. The van der Waals surface area contributed by atoms with Crippen LogP contribution in [0.2, 0.25) is 0 Å². The lowest BCUT2D eigenvalue weighted by molar-refractivity contribution is 0.102. The van der Waals surface area contributed by atoms with Crippen molar-refractivity contribution in [3.63, 3.8) is 0 Å². The van der Waals surface area contributed by atoms with Gasteiger partial charge in [0.1, 0.15) is 0 Å². The summed E-state index contributed by atoms with van der Waals surface area (Å²) < 4.78 is 74.6. The monoisotopic (exact) mass is 415 g/mol. The van der Waals surface area contributed by atoms with Crippen molar-refractivity contribution in [1.82, 2.24) is 0 Å². The highest BCUT2D eigenvalue weighted by Crippen LogP contribution is 2.26. The number of anilines is 1. The molecular weight excluding hydrogens is 400 g/mol. The second-order valence-electron chi connectivity index (χ2n) is 6.18. The first kappa shape index (κ1) is 19.4. The van der Waals surface area contributed by atoms with E-state index in [1.165, 1.54) is 24.3 Å². The first-order valence-corrected chi connectivity index (χ1v) is 11.3. The number of halogens is 2. The summed E-state index contributed by atoms with van der Waals surface area (Å²) in [4.78, 5) is 12.1. The SMILES string of the molecule is O=C(Nc1ccc(F)c(F)c1)c1cccc(S(=O)(=O)[C@H]2CCS(=O)(=O)C2)c1. The molecule has 1 atom stereocenters. The molecule has 10 heteroatoms. The van der Waals surface area contributed by atoms with Gasteiger partial charge >= 0.3 is 0 Å². The van der Waals surface area contributed by atoms with Crippen LogP contribution in [0.4, 0.5) is 14.5 Å². The van der Waals surface area contributed by atoms with E-state index in [9.17, 15) is 30.4 Å². The summed E-state index contributed by atoms with van der Waals surface area (Å²) in [5.74, 6) is -3.54. The number of nitrogens with one attached hydrogen (secondary N) is 1. The van der Waals surface area contributed by atoms with Crippen molar-refractivity contribution in [2.24, 2.45) is 0 Å². The first-order valence-electron chi connectivity index (χ1n) is 7.89. The third kappa shape index (κ3) is 4.16. The molecule has 2 aromatic rings. The number of sulfone groups is 2. The van der Waals surface area contributed by atoms with E-state index in [2.05, 4.69) is 5.32 Å². The van der Waals surface area contributed by atoms with Crippen molar-refractivity contribution in [2.75, 3.05) is 16.8 Å². The number of hydrogen-bond donors (Lipinski definition) is 1. The Morgan fingerprint density at radius 2 is 1.81 bits per heavy atom. The van der Waals surface area contributed by atoms with Crippen LogP contribution < -0.4 is 5.32 Å². The van der Waals surface area contributed by atoms with Gasteiger partial charge < -0.3 is 5.32 Å². The van der Waals surface area contributed by atoms with Crippen molar-refractivity contribution >= 4 is 31.3 Å². The maximum absolute atomic E-state index is 13.2. The van der Waals surface area contributed by atoms with Crippen molar-refractivity contribution in [1.29, 1.82) is 0 Å². The van der Waals surface area contributed by atoms with Crippen LogP contribution in [0.3, 0.4) is 0 Å². The summed E-state index contributed by atoms with van der Waals surface area (Å²) in [6.07, 6.45) is 0.00987. The molecule has 27 heavy (non-hydrogen) atoms. The van der Waals surface area contributed by atoms with Crippen LogP contribution in [0.25, 0.3) is 0 Å². The molecule has 1 amide bonds. The summed E-state index contributed by atoms with van der Waals surface area (Å²) in [5, 5.41) is 1.30. The second-order valence-corrected chi connectivity index (χ2v) is 10.6. The molecule has 1 aliphatic heterocycles. The molecule has 1 saturated heterocycles. The fourth-order valence-corrected chi connectivity index (χ4v) is 7.19. The van der Waals surface area contributed by atoms with Crippen LogP contribution in [0.1, 0.15) is 16.8 Å². The fraction of sp³-hybridized carbons (Fsp3) is 0.235. The van der Waals surface area contributed by atoms with Crippen molar-refractivity contribution in [3.05, 3.63) is 59.7 Å². The number of rotatable bonds is 4. The number of carbonyl (C=O) groups excluding carboxylic acids is 1. The minimum Gasteiger partial charge on any atom is -0.322 e. The first-order chi connectivity index (χ1) is 12.6. The second kappa shape index (κ2) is 7.01. The smallest absolute Gasteiger partial charge is 0.255 e. The number of benzene rings is 2. The van der Waals surface area contributed by atoms with Crippen molar-refractivity contribution in [2.45, 2.75) is 16.6 Å². The van der Waals surface area contributed by atoms with Gasteiger partial charge in [-0.15, -0.1) is 0 Å². The average Bonchev–Trinajstić information content (AvgIpc) is 2.99. The molecule has 6 nitrogen and oxygen atoms in total. The Morgan fingerprint density at radius 1 is 1.07 bits per heavy atom. The van der Waals surface area contributed by atoms with Gasteiger partial charge in [0.05, 0.1) is 21.7 Å². The molecule has 0 aromatic heterocycles. The number of hydrogen-bond acceptors (Lipinski definition) is 5. The Balaban J connectivity index is 1.84. The highest BCUT2D eigenvalue weighted by atomic mass is 32.2. The van der Waals surface area contributed by atoms with Gasteiger partial charge in [-0.2, -0.15) is 0 Å². The maximum atomic E-state index is 13.2. The Morgan fingerprint density at radius 3 is 2.44 bits per heavy atom. The Bertz CT molecular complexity index is 1110. The third-order valence-electron chi connectivity index (χ3n) is 4.23. The highest BCUT2D eigenvalue weighted by molar-refractivity contribution is 7.96. The van der Waals surface area contributed by atoms with Crippen LogP contribution in [0.15, 0.2) is 47.4 Å². The Hall–Kier alpha value is -2.33. The number of amides is 1. The zero-order valence-electron chi connectivity index (χ0n) is 13.9. The normalized spacial score (nSPS) is 19.0. The van der Waals surface area contributed by atoms with E-state index < -0.39 is 48.2 Å². The van der Waals surface area contributed by atoms with Crippen molar-refractivity contribution in [3.8, 4) is 0 Å². The molecule has 1 aliphatic rings. The van der Waals surface area contributed by atoms with Crippen LogP contribution in [0.5, 0.6) is 0 Å². The summed E-state index contributed by atoms with van der Waals surface area (Å²) in [6, 6.07) is 7.96. The van der Waals surface area contributed by atoms with E-state index in [1.807, 2.05) is 0 Å². The highest BCUT2D eigenvalue weighted by Gasteiger charge is 2.38. The lowest BCUT2D eigenvalue weighted by atomic mass is 10.2. The summed E-state index contributed by atoms with van der Waals surface area (Å²) in [6.45, 7) is 0. The molecule has 1 N–H and O–H groups in total. The van der Waals surface area contributed by atoms with Crippen LogP contribution in [0, 0.1) is 11.6 Å². The quantitative estimate of drug-likeness (QED) is 0.826. The molecule has 0 spiro atoms. The van der Waals surface area contributed by atoms with Gasteiger partial charge in [-0.3, -0.25) is 4.79 Å². The van der Waals surface area contributed by atoms with E-state index in [0.717, 1.165) is 18.2 Å². The Kier molecular flexibility index (Phi) is 5.04. The topological polar surface area (TPSA) is 97.4 Å². The van der Waals surface area contributed by atoms with Crippen LogP contribution >= 0.6 is 0 Å². The molecule has 0 bridgehead atoms. The molecule has 2 aromatic carbocycles. The standard InChI is InChI=1S/C17H15F2NO5S2/c18-15-5-4-12(9-16(15)19)20-17(21)11-2-1-3-13(8-11)27(24,25)14-6-7-26(22,23)10-14/h1-5,8-9,14H,6-7,10H2,(H,20,21)/t14-/m0/s1. The van der Waals surface area contributed by atoms with E-state index in [4.69, 9.17) is 0 Å². The van der Waals surface area contributed by atoms with E-state index in [0.29, 0.717) is 0 Å². The van der Waals surface area contributed by atoms with Gasteiger partial charge in [0.15, 0.2) is 31.3 Å². The van der Waals surface area contributed by atoms with E-state index in [1.54, 1.807) is 0 Å². The fourth-order valence-electron chi connectivity index (χ4n) is 2.79. The predicted octanol–water partition coefficient (Wildman–Crippen LogP) is 2.18. The number of carbonyl (C=O) groups is 1. The largest absolute Gasteiger partial charge is 0.322 e. The van der Waals surface area contributed by atoms with Gasteiger partial charge in [0.2, 0.25) is 0 Å². The van der Waals surface area contributed by atoms with E-state index >= 15 is 0 Å². The van der Waals surface area contributed by atoms with Gasteiger partial charge in [-0.05, 0) is 36.8 Å². The molecule has 1 heterocycles. The van der Waals surface area contributed by atoms with Gasteiger partial charge in [-0.1, -0.05) is 6.07 Å². The lowest BCUT2D eigenvalue weighted by Gasteiger charge is -2.11. The van der Waals surface area contributed by atoms with Gasteiger partial charge in [-0.25, -0.2) is 25.6 Å². The van der Waals surface area contributed by atoms with Crippen molar-refractivity contribution < 1.29 is 30.4 Å². The van der Waals surface area contributed by atoms with Crippen LogP contribution in [-0.2, 0) is 19.7 Å². The lowest BCUT2D eigenvalue weighted by Crippen LogP contribution is -2.23. The van der Waals surface area contributed by atoms with Gasteiger partial charge in [0, 0.05) is 17.3 Å². The van der Waals surface area contributed by atoms with Crippen LogP contribution in [-0.4, -0.2) is 39.5 Å². The molecule has 0 saturated carbocycles. The minimum atomic E-state index is -3.92. The molecular formula is C17H15F2NO5S2. The maximum Gasteiger partial charge on any atom is 0.255 e. The third-order valence-corrected chi connectivity index (χ3v) is 8.40. The molecule has 3 rings (SSSR count). The average molecular weight is 415 g/mol. The molecule has 0 aliphatic carbocycles. The minimum absolute atomic E-state index is 0.00838. The molecule has 1 fully saturated rings. The summed E-state index contributed by atoms with van der Waals surface area (Å²) in [7, 11) is -7.31. The van der Waals surface area contributed by atoms with E-state index in [-0.39, 0.29) is 28.3 Å². The summed E-state index contributed by atoms with van der Waals surface area (Å²) in [5.41, 5.74) is -0.00397. The molecule has 0 radical (unpaired) electrons. The molecule has 144 valence electrons. The zero-order valence-corrected chi connectivity index (χ0v) is 15.5.